The van der Waals surface area contributed by atoms with Crippen LogP contribution in [0.4, 0.5) is 29.5 Å². The van der Waals surface area contributed by atoms with Gasteiger partial charge in [-0.05, 0) is 98.8 Å². The number of aryl methyl sites for hydroxylation is 1. The molecule has 4 aliphatic heterocycles. The molecule has 1 amide bonds. The summed E-state index contributed by atoms with van der Waals surface area (Å²) in [6.45, 7) is 14.2. The monoisotopic (exact) mass is 855 g/mol. The van der Waals surface area contributed by atoms with Crippen molar-refractivity contribution in [3.63, 3.8) is 0 Å². The first-order chi connectivity index (χ1) is 29.2. The lowest BCUT2D eigenvalue weighted by molar-refractivity contribution is -0.0885. The number of amides is 1. The third-order valence-corrected chi connectivity index (χ3v) is 12.9. The number of pyridine rings is 1. The van der Waals surface area contributed by atoms with Crippen LogP contribution in [-0.2, 0) is 26.7 Å². The molecule has 0 bridgehead atoms. The number of anilines is 2. The molecule has 2 aromatic heterocycles. The highest BCUT2D eigenvalue weighted by atomic mass is 19.3. The van der Waals surface area contributed by atoms with Crippen molar-refractivity contribution < 1.29 is 32.2 Å². The summed E-state index contributed by atoms with van der Waals surface area (Å²) in [5, 5.41) is 3.92. The first-order valence-electron chi connectivity index (χ1n) is 22.4. The van der Waals surface area contributed by atoms with Gasteiger partial charge in [-0.3, -0.25) is 14.3 Å². The van der Waals surface area contributed by atoms with Crippen LogP contribution in [0.25, 0.3) is 11.0 Å². The normalized spacial score (nSPS) is 20.1. The van der Waals surface area contributed by atoms with Crippen molar-refractivity contribution in [2.45, 2.75) is 122 Å². The van der Waals surface area contributed by atoms with E-state index in [1.807, 2.05) is 6.07 Å². The van der Waals surface area contributed by atoms with Crippen LogP contribution in [0.2, 0.25) is 0 Å². The number of rotatable bonds is 14. The van der Waals surface area contributed by atoms with E-state index in [0.29, 0.717) is 61.4 Å². The second kappa shape index (κ2) is 19.6. The van der Waals surface area contributed by atoms with Crippen LogP contribution in [0, 0.1) is 11.7 Å². The van der Waals surface area contributed by atoms with Crippen LogP contribution in [0.1, 0.15) is 103 Å². The number of piperidine rings is 2. The molecular weight excluding hydrogens is 790 g/mol. The van der Waals surface area contributed by atoms with E-state index in [4.69, 9.17) is 14.2 Å². The molecule has 4 fully saturated rings. The van der Waals surface area contributed by atoms with Crippen LogP contribution in [-0.4, -0.2) is 126 Å². The van der Waals surface area contributed by atoms with Gasteiger partial charge >= 0.3 is 6.09 Å². The van der Waals surface area contributed by atoms with Gasteiger partial charge in [-0.15, -0.1) is 0 Å². The number of nitrogens with zero attached hydrogens (tertiary/aromatic N) is 7. The minimum atomic E-state index is -3.47. The molecule has 1 aromatic carbocycles. The van der Waals surface area contributed by atoms with E-state index in [-0.39, 0.29) is 43.3 Å². The number of nitrogens with one attached hydrogen (secondary N) is 1. The number of piperazine rings is 1. The number of hydrogen-bond donors (Lipinski definition) is 1. The van der Waals surface area contributed by atoms with Crippen molar-refractivity contribution in [3.8, 4) is 0 Å². The fraction of sp³-hybridized carbons (Fsp3) is 0.689. The third-order valence-electron chi connectivity index (χ3n) is 12.9. The molecule has 1 atom stereocenters. The maximum Gasteiger partial charge on any atom is 0.410 e. The van der Waals surface area contributed by atoms with Crippen LogP contribution in [0.3, 0.4) is 0 Å². The van der Waals surface area contributed by atoms with Gasteiger partial charge in [-0.2, -0.15) is 0 Å². The molecule has 0 aliphatic carbocycles. The van der Waals surface area contributed by atoms with Crippen LogP contribution >= 0.6 is 0 Å². The van der Waals surface area contributed by atoms with Crippen LogP contribution in [0.5, 0.6) is 0 Å². The Hall–Kier alpha value is -3.99. The molecule has 16 heteroatoms. The van der Waals surface area contributed by atoms with Gasteiger partial charge in [-0.1, -0.05) is 31.0 Å². The lowest BCUT2D eigenvalue weighted by atomic mass is 9.85. The van der Waals surface area contributed by atoms with Gasteiger partial charge < -0.3 is 34.2 Å². The largest absolute Gasteiger partial charge is 0.444 e. The van der Waals surface area contributed by atoms with Crippen molar-refractivity contribution in [3.05, 3.63) is 57.9 Å². The first-order valence-corrected chi connectivity index (χ1v) is 22.4. The van der Waals surface area contributed by atoms with Gasteiger partial charge in [0.15, 0.2) is 6.29 Å². The number of likely N-dealkylation sites (tertiary alicyclic amines) is 2. The van der Waals surface area contributed by atoms with Crippen molar-refractivity contribution in [1.82, 2.24) is 29.2 Å². The number of unbranched alkanes of at least 4 members (excludes halogenated alkanes) is 3. The van der Waals surface area contributed by atoms with Gasteiger partial charge in [0.25, 0.3) is 11.5 Å². The Morgan fingerprint density at radius 3 is 2.31 bits per heavy atom. The zero-order valence-corrected chi connectivity index (χ0v) is 36.6. The topological polar surface area (TPSA) is 118 Å². The minimum absolute atomic E-state index is 0.0122. The van der Waals surface area contributed by atoms with Gasteiger partial charge in [0.05, 0.1) is 30.2 Å². The maximum absolute atomic E-state index is 16.4. The zero-order valence-electron chi connectivity index (χ0n) is 36.6. The molecule has 3 aromatic rings. The number of ether oxygens (including phenoxy) is 3. The number of carbonyl (C=O) groups excluding carboxylic acids is 1. The summed E-state index contributed by atoms with van der Waals surface area (Å²) < 4.78 is 67.1. The molecule has 0 spiro atoms. The maximum atomic E-state index is 16.4. The summed E-state index contributed by atoms with van der Waals surface area (Å²) in [6, 6.07) is 5.75. The fourth-order valence-electron chi connectivity index (χ4n) is 9.31. The second-order valence-corrected chi connectivity index (χ2v) is 18.3. The molecule has 7 rings (SSSR count). The van der Waals surface area contributed by atoms with Crippen LogP contribution in [0.15, 0.2) is 35.4 Å². The van der Waals surface area contributed by atoms with E-state index in [9.17, 15) is 9.59 Å². The predicted octanol–water partition coefficient (Wildman–Crippen LogP) is 7.38. The summed E-state index contributed by atoms with van der Waals surface area (Å²) in [4.78, 5) is 44.7. The van der Waals surface area contributed by atoms with E-state index in [0.717, 1.165) is 77.2 Å². The molecule has 61 heavy (non-hydrogen) atoms. The van der Waals surface area contributed by atoms with E-state index < -0.39 is 41.0 Å². The Morgan fingerprint density at radius 2 is 1.62 bits per heavy atom. The summed E-state index contributed by atoms with van der Waals surface area (Å²) in [5.74, 6) is -5.21. The van der Waals surface area contributed by atoms with Gasteiger partial charge in [0.2, 0.25) is 0 Å². The van der Waals surface area contributed by atoms with E-state index in [1.165, 1.54) is 23.4 Å². The number of fused-ring (bicyclic) bond motifs is 1. The quantitative estimate of drug-likeness (QED) is 0.164. The second-order valence-electron chi connectivity index (χ2n) is 18.3. The van der Waals surface area contributed by atoms with Crippen molar-refractivity contribution in [2.24, 2.45) is 5.92 Å². The Kier molecular flexibility index (Phi) is 14.5. The smallest absolute Gasteiger partial charge is 0.410 e. The number of hydrogen-bond acceptors (Lipinski definition) is 11. The van der Waals surface area contributed by atoms with Gasteiger partial charge in [0, 0.05) is 63.3 Å². The molecule has 4 aliphatic rings. The predicted molar refractivity (Wildman–Crippen MR) is 230 cm³/mol. The molecule has 6 heterocycles. The Labute approximate surface area is 357 Å². The first kappa shape index (κ1) is 45.0. The zero-order chi connectivity index (χ0) is 43.3. The lowest BCUT2D eigenvalue weighted by Crippen LogP contribution is -2.53. The average molecular weight is 855 g/mol. The standard InChI is InChI=1S/C45H65F3N8O5/c1-31(34-11-10-12-36(39(34)46)45(47,48)32-14-21-55(22-15-32)43(58)61-44(2,3)4)51-40-35-29-37(54-25-23-53(24-26-54)33-16-19-52(5)20-17-33)42(57)56(41(35)50-30-49-40)18-9-7-6-8-13-38-59-27-28-60-38/h10-12,29-33,38H,6-9,13-28H2,1-5H3,(H,49,50,51)/t31-/m1/s1. The van der Waals surface area contributed by atoms with Crippen molar-refractivity contribution in [2.75, 3.05) is 82.8 Å². The van der Waals surface area contributed by atoms with E-state index in [2.05, 4.69) is 37.0 Å². The Balaban J connectivity index is 1.09. The van der Waals surface area contributed by atoms with Crippen molar-refractivity contribution in [1.29, 1.82) is 0 Å². The Morgan fingerprint density at radius 1 is 0.934 bits per heavy atom. The number of aromatic nitrogens is 3. The molecule has 0 unspecified atom stereocenters. The van der Waals surface area contributed by atoms with E-state index in [1.54, 1.807) is 32.3 Å². The molecule has 0 radical (unpaired) electrons. The van der Waals surface area contributed by atoms with Crippen LogP contribution < -0.4 is 15.8 Å². The number of carbonyl (C=O) groups is 1. The van der Waals surface area contributed by atoms with Crippen molar-refractivity contribution >= 4 is 28.6 Å². The molecule has 4 saturated heterocycles. The number of benzene rings is 1. The molecular formula is C45H65F3N8O5. The van der Waals surface area contributed by atoms with Gasteiger partial charge in [0.1, 0.15) is 34.9 Å². The summed E-state index contributed by atoms with van der Waals surface area (Å²) in [6.07, 6.45) is 7.49. The molecule has 1 N–H and O–H groups in total. The highest BCUT2D eigenvalue weighted by molar-refractivity contribution is 5.89. The van der Waals surface area contributed by atoms with E-state index >= 15 is 13.2 Å². The fourth-order valence-corrected chi connectivity index (χ4v) is 9.31. The minimum Gasteiger partial charge on any atom is -0.444 e. The number of alkyl halides is 2. The number of halogens is 3. The summed E-state index contributed by atoms with van der Waals surface area (Å²) in [7, 11) is 2.17. The Bertz CT molecular complexity index is 2000. The molecule has 0 saturated carbocycles. The van der Waals surface area contributed by atoms with Gasteiger partial charge in [-0.25, -0.2) is 27.9 Å². The molecule has 336 valence electrons. The highest BCUT2D eigenvalue weighted by Gasteiger charge is 2.46. The third kappa shape index (κ3) is 10.8. The summed E-state index contributed by atoms with van der Waals surface area (Å²) in [5.41, 5.74) is -0.363. The lowest BCUT2D eigenvalue weighted by Gasteiger charge is -2.42. The SMILES string of the molecule is C[C@@H](Nc1ncnc2c1cc(N1CCN(C3CCN(C)CC3)CC1)c(=O)n2CCCCCCC1OCCO1)c1cccc(C(F)(F)C2CCN(C(=O)OC(C)(C)C)CC2)c1F. The highest BCUT2D eigenvalue weighted by Crippen LogP contribution is 2.44. The average Bonchev–Trinajstić information content (AvgIpc) is 3.76. The molecule has 13 nitrogen and oxygen atoms in total. The summed E-state index contributed by atoms with van der Waals surface area (Å²) >= 11 is 0.